The molecule has 12 heavy (non-hydrogen) atoms. The summed E-state index contributed by atoms with van der Waals surface area (Å²) < 4.78 is 0. The smallest absolute Gasteiger partial charge is 0.329 e. The summed E-state index contributed by atoms with van der Waals surface area (Å²) in [6.07, 6.45) is 4.00. The summed E-state index contributed by atoms with van der Waals surface area (Å²) in [6.45, 7) is 0.751. The number of aliphatic carboxylic acids is 1. The molecule has 0 aromatic rings. The minimum Gasteiger partial charge on any atom is -0.478 e. The van der Waals surface area contributed by atoms with Crippen LogP contribution in [0, 0.1) is 5.92 Å². The summed E-state index contributed by atoms with van der Waals surface area (Å²) >= 11 is 0. The minimum absolute atomic E-state index is 0.139. The van der Waals surface area contributed by atoms with E-state index in [0.717, 1.165) is 25.5 Å². The maximum atomic E-state index is 10.0. The standard InChI is InChI=1S/C8H13NO3/c10-7-3-6(4-7)5-9-2-1-8(11)12/h1-2,6-7,9-10H,3-5H2,(H,11,12)/b2-1+. The number of nitrogens with one attached hydrogen (secondary N) is 1. The van der Waals surface area contributed by atoms with E-state index < -0.39 is 5.97 Å². The Labute approximate surface area is 70.9 Å². The predicted octanol–water partition coefficient (Wildman–Crippen LogP) is -0.0548. The van der Waals surface area contributed by atoms with Crippen molar-refractivity contribution in [2.24, 2.45) is 5.92 Å². The fourth-order valence-electron chi connectivity index (χ4n) is 1.23. The van der Waals surface area contributed by atoms with Crippen LogP contribution in [0.2, 0.25) is 0 Å². The van der Waals surface area contributed by atoms with E-state index in [1.165, 1.54) is 6.20 Å². The highest BCUT2D eigenvalue weighted by atomic mass is 16.4. The van der Waals surface area contributed by atoms with E-state index in [1.807, 2.05) is 0 Å². The lowest BCUT2D eigenvalue weighted by molar-refractivity contribution is -0.131. The van der Waals surface area contributed by atoms with Crippen molar-refractivity contribution in [2.45, 2.75) is 18.9 Å². The number of carboxylic acid groups (broad SMARTS) is 1. The van der Waals surface area contributed by atoms with Crippen molar-refractivity contribution in [3.8, 4) is 0 Å². The third-order valence-electron chi connectivity index (χ3n) is 1.96. The minimum atomic E-state index is -0.948. The molecular formula is C8H13NO3. The Morgan fingerprint density at radius 3 is 2.75 bits per heavy atom. The van der Waals surface area contributed by atoms with Gasteiger partial charge in [0.15, 0.2) is 0 Å². The summed E-state index contributed by atoms with van der Waals surface area (Å²) in [6, 6.07) is 0. The van der Waals surface area contributed by atoms with Gasteiger partial charge in [-0.1, -0.05) is 0 Å². The van der Waals surface area contributed by atoms with Crippen LogP contribution >= 0.6 is 0 Å². The fourth-order valence-corrected chi connectivity index (χ4v) is 1.23. The van der Waals surface area contributed by atoms with Crippen LogP contribution in [0.1, 0.15) is 12.8 Å². The molecule has 0 saturated heterocycles. The highest BCUT2D eigenvalue weighted by Gasteiger charge is 2.26. The summed E-state index contributed by atoms with van der Waals surface area (Å²) in [5, 5.41) is 20.0. The summed E-state index contributed by atoms with van der Waals surface area (Å²) in [7, 11) is 0. The Morgan fingerprint density at radius 1 is 1.58 bits per heavy atom. The monoisotopic (exact) mass is 171 g/mol. The van der Waals surface area contributed by atoms with Crippen molar-refractivity contribution in [2.75, 3.05) is 6.54 Å². The molecule has 0 amide bonds. The average molecular weight is 171 g/mol. The maximum absolute atomic E-state index is 10.0. The van der Waals surface area contributed by atoms with Crippen LogP contribution in [-0.2, 0) is 4.79 Å². The Hall–Kier alpha value is -1.03. The highest BCUT2D eigenvalue weighted by molar-refractivity contribution is 5.79. The molecule has 0 aromatic heterocycles. The number of rotatable bonds is 4. The summed E-state index contributed by atoms with van der Waals surface area (Å²) in [4.78, 5) is 10.0. The second-order valence-electron chi connectivity index (χ2n) is 3.07. The van der Waals surface area contributed by atoms with Crippen LogP contribution < -0.4 is 5.32 Å². The largest absolute Gasteiger partial charge is 0.478 e. The van der Waals surface area contributed by atoms with Gasteiger partial charge in [0.25, 0.3) is 0 Å². The van der Waals surface area contributed by atoms with Gasteiger partial charge in [0.1, 0.15) is 0 Å². The van der Waals surface area contributed by atoms with Crippen LogP contribution in [0.4, 0.5) is 0 Å². The number of hydrogen-bond donors (Lipinski definition) is 3. The van der Waals surface area contributed by atoms with E-state index in [1.54, 1.807) is 0 Å². The van der Waals surface area contributed by atoms with Crippen LogP contribution in [0.3, 0.4) is 0 Å². The van der Waals surface area contributed by atoms with Crippen molar-refractivity contribution < 1.29 is 15.0 Å². The Bertz CT molecular complexity index is 185. The molecule has 0 heterocycles. The molecule has 4 nitrogen and oxygen atoms in total. The molecule has 1 saturated carbocycles. The van der Waals surface area contributed by atoms with Gasteiger partial charge in [0.2, 0.25) is 0 Å². The first-order chi connectivity index (χ1) is 5.68. The quantitative estimate of drug-likeness (QED) is 0.518. The number of carbonyl (C=O) groups is 1. The van der Waals surface area contributed by atoms with Gasteiger partial charge >= 0.3 is 5.97 Å². The van der Waals surface area contributed by atoms with Crippen LogP contribution in [-0.4, -0.2) is 28.8 Å². The number of aliphatic hydroxyl groups excluding tert-OH is 1. The lowest BCUT2D eigenvalue weighted by atomic mass is 9.82. The van der Waals surface area contributed by atoms with Crippen molar-refractivity contribution >= 4 is 5.97 Å². The number of carboxylic acids is 1. The van der Waals surface area contributed by atoms with Gasteiger partial charge in [0.05, 0.1) is 6.10 Å². The van der Waals surface area contributed by atoms with Crippen molar-refractivity contribution in [1.82, 2.24) is 5.32 Å². The van der Waals surface area contributed by atoms with Crippen LogP contribution in [0.25, 0.3) is 0 Å². The normalized spacial score (nSPS) is 28.4. The van der Waals surface area contributed by atoms with E-state index in [9.17, 15) is 4.79 Å². The van der Waals surface area contributed by atoms with Gasteiger partial charge in [0, 0.05) is 18.8 Å². The molecule has 0 radical (unpaired) electrons. The second-order valence-corrected chi connectivity index (χ2v) is 3.07. The molecule has 1 rings (SSSR count). The van der Waals surface area contributed by atoms with E-state index in [0.29, 0.717) is 5.92 Å². The van der Waals surface area contributed by atoms with Gasteiger partial charge in [-0.3, -0.25) is 0 Å². The maximum Gasteiger partial charge on any atom is 0.329 e. The van der Waals surface area contributed by atoms with E-state index in [2.05, 4.69) is 5.32 Å². The summed E-state index contributed by atoms with van der Waals surface area (Å²) in [5.74, 6) is -0.449. The SMILES string of the molecule is O=C(O)/C=C/NCC1CC(O)C1. The molecule has 68 valence electrons. The fraction of sp³-hybridized carbons (Fsp3) is 0.625. The van der Waals surface area contributed by atoms with Crippen LogP contribution in [0.15, 0.2) is 12.3 Å². The Morgan fingerprint density at radius 2 is 2.25 bits per heavy atom. The van der Waals surface area contributed by atoms with Crippen molar-refractivity contribution in [3.63, 3.8) is 0 Å². The molecule has 4 heteroatoms. The second kappa shape index (κ2) is 4.11. The molecule has 1 aliphatic carbocycles. The lowest BCUT2D eigenvalue weighted by Gasteiger charge is -2.31. The molecule has 3 N–H and O–H groups in total. The predicted molar refractivity (Wildman–Crippen MR) is 43.5 cm³/mol. The topological polar surface area (TPSA) is 69.6 Å². The first kappa shape index (κ1) is 9.06. The van der Waals surface area contributed by atoms with Gasteiger partial charge in [-0.05, 0) is 18.8 Å². The first-order valence-corrected chi connectivity index (χ1v) is 3.99. The Kier molecular flexibility index (Phi) is 3.10. The van der Waals surface area contributed by atoms with Gasteiger partial charge in [-0.2, -0.15) is 0 Å². The zero-order valence-electron chi connectivity index (χ0n) is 6.73. The first-order valence-electron chi connectivity index (χ1n) is 3.99. The third-order valence-corrected chi connectivity index (χ3v) is 1.96. The molecule has 0 aromatic carbocycles. The van der Waals surface area contributed by atoms with Gasteiger partial charge in [-0.25, -0.2) is 4.79 Å². The molecular weight excluding hydrogens is 158 g/mol. The molecule has 0 atom stereocenters. The van der Waals surface area contributed by atoms with Gasteiger partial charge < -0.3 is 15.5 Å². The third kappa shape index (κ3) is 2.92. The molecule has 0 spiro atoms. The zero-order chi connectivity index (χ0) is 8.97. The van der Waals surface area contributed by atoms with Gasteiger partial charge in [-0.15, -0.1) is 0 Å². The van der Waals surface area contributed by atoms with Crippen molar-refractivity contribution in [1.29, 1.82) is 0 Å². The molecule has 0 unspecified atom stereocenters. The number of aliphatic hydroxyl groups is 1. The van der Waals surface area contributed by atoms with E-state index >= 15 is 0 Å². The zero-order valence-corrected chi connectivity index (χ0v) is 6.73. The summed E-state index contributed by atoms with van der Waals surface area (Å²) in [5.41, 5.74) is 0. The Balaban J connectivity index is 2.00. The van der Waals surface area contributed by atoms with E-state index in [-0.39, 0.29) is 6.10 Å². The average Bonchev–Trinajstić information content (AvgIpc) is 1.93. The molecule has 0 aliphatic heterocycles. The number of hydrogen-bond acceptors (Lipinski definition) is 3. The molecule has 0 bridgehead atoms. The lowest BCUT2D eigenvalue weighted by Crippen LogP contribution is -2.34. The van der Waals surface area contributed by atoms with Crippen LogP contribution in [0.5, 0.6) is 0 Å². The van der Waals surface area contributed by atoms with E-state index in [4.69, 9.17) is 10.2 Å². The molecule has 1 fully saturated rings. The highest BCUT2D eigenvalue weighted by Crippen LogP contribution is 2.25. The molecule has 1 aliphatic rings. The van der Waals surface area contributed by atoms with Crippen molar-refractivity contribution in [3.05, 3.63) is 12.3 Å².